The molecule has 0 unspecified atom stereocenters. The second kappa shape index (κ2) is 6.90. The first-order chi connectivity index (χ1) is 13.2. The van der Waals surface area contributed by atoms with Gasteiger partial charge in [0.25, 0.3) is 0 Å². The van der Waals surface area contributed by atoms with Gasteiger partial charge in [-0.15, -0.1) is 0 Å². The maximum absolute atomic E-state index is 5.80. The van der Waals surface area contributed by atoms with Crippen molar-refractivity contribution in [3.05, 3.63) is 41.5 Å². The van der Waals surface area contributed by atoms with Crippen LogP contribution in [0.15, 0.2) is 35.5 Å². The number of fused-ring (bicyclic) bond motifs is 1. The second-order valence-corrected chi connectivity index (χ2v) is 6.29. The van der Waals surface area contributed by atoms with Crippen molar-refractivity contribution >= 4 is 5.71 Å². The molecule has 0 spiro atoms. The molecule has 2 aliphatic heterocycles. The summed E-state index contributed by atoms with van der Waals surface area (Å²) in [6, 6.07) is 9.61. The lowest BCUT2D eigenvalue weighted by molar-refractivity contribution is 0.0628. The molecule has 142 valence electrons. The average molecular weight is 371 g/mol. The minimum atomic E-state index is -0.333. The van der Waals surface area contributed by atoms with Gasteiger partial charge in [0, 0.05) is 11.5 Å². The van der Waals surface area contributed by atoms with E-state index in [1.807, 2.05) is 30.3 Å². The maximum Gasteiger partial charge on any atom is 0.231 e. The highest BCUT2D eigenvalue weighted by molar-refractivity contribution is 6.03. The molecule has 27 heavy (non-hydrogen) atoms. The van der Waals surface area contributed by atoms with Crippen LogP contribution in [0.3, 0.4) is 0 Å². The van der Waals surface area contributed by atoms with Crippen LogP contribution in [0.2, 0.25) is 0 Å². The number of methoxy groups -OCH3 is 3. The average Bonchev–Trinajstić information content (AvgIpc) is 3.34. The zero-order chi connectivity index (χ0) is 19.0. The highest BCUT2D eigenvalue weighted by Gasteiger charge is 2.38. The first-order valence-corrected chi connectivity index (χ1v) is 8.60. The van der Waals surface area contributed by atoms with Crippen molar-refractivity contribution in [3.8, 4) is 28.7 Å². The van der Waals surface area contributed by atoms with E-state index in [-0.39, 0.29) is 18.8 Å². The molecule has 0 aromatic heterocycles. The zero-order valence-corrected chi connectivity index (χ0v) is 15.6. The third kappa shape index (κ3) is 2.79. The van der Waals surface area contributed by atoms with Gasteiger partial charge in [-0.3, -0.25) is 0 Å². The van der Waals surface area contributed by atoms with Crippen molar-refractivity contribution in [2.75, 3.05) is 28.1 Å². The molecule has 7 nitrogen and oxygen atoms in total. The van der Waals surface area contributed by atoms with E-state index >= 15 is 0 Å². The Bertz CT molecular complexity index is 877. The molecule has 2 aliphatic rings. The van der Waals surface area contributed by atoms with Crippen LogP contribution in [0.4, 0.5) is 0 Å². The van der Waals surface area contributed by atoms with Gasteiger partial charge in [-0.1, -0.05) is 12.1 Å². The molecule has 0 N–H and O–H groups in total. The van der Waals surface area contributed by atoms with Crippen molar-refractivity contribution in [1.29, 1.82) is 0 Å². The summed E-state index contributed by atoms with van der Waals surface area (Å²) in [7, 11) is 4.83. The number of rotatable bonds is 5. The topological polar surface area (TPSA) is 67.7 Å². The SMILES string of the molecule is COc1ccc(C2=NO[C@@H](c3cc(OC)c4c(c3OC)OCO4)[C@@H]2C)cc1. The Hall–Kier alpha value is -3.09. The standard InChI is InChI=1S/C20H21NO6/c1-11-16(12-5-7-13(22-2)8-6-12)21-27-17(11)14-9-15(23-3)19-20(18(14)24-4)26-10-25-19/h5-9,11,17H,10H2,1-4H3/t11-,17-/m1/s1. The summed E-state index contributed by atoms with van der Waals surface area (Å²) in [5.74, 6) is 3.01. The molecule has 0 radical (unpaired) electrons. The first kappa shape index (κ1) is 17.3. The van der Waals surface area contributed by atoms with E-state index in [9.17, 15) is 0 Å². The van der Waals surface area contributed by atoms with E-state index in [1.165, 1.54) is 0 Å². The molecule has 4 rings (SSSR count). The van der Waals surface area contributed by atoms with E-state index in [1.54, 1.807) is 21.3 Å². The fourth-order valence-corrected chi connectivity index (χ4v) is 3.44. The lowest BCUT2D eigenvalue weighted by atomic mass is 9.89. The smallest absolute Gasteiger partial charge is 0.231 e. The van der Waals surface area contributed by atoms with Gasteiger partial charge < -0.3 is 28.5 Å². The molecule has 2 aromatic rings. The molecule has 0 bridgehead atoms. The van der Waals surface area contributed by atoms with Crippen molar-refractivity contribution in [1.82, 2.24) is 0 Å². The summed E-state index contributed by atoms with van der Waals surface area (Å²) in [4.78, 5) is 5.80. The van der Waals surface area contributed by atoms with Gasteiger partial charge in [0.05, 0.1) is 27.0 Å². The highest BCUT2D eigenvalue weighted by atomic mass is 16.7. The van der Waals surface area contributed by atoms with Gasteiger partial charge in [0.1, 0.15) is 5.75 Å². The lowest BCUT2D eigenvalue weighted by Gasteiger charge is -2.20. The number of ether oxygens (including phenoxy) is 5. The Kier molecular flexibility index (Phi) is 4.43. The molecule has 0 saturated heterocycles. The van der Waals surface area contributed by atoms with Gasteiger partial charge in [-0.25, -0.2) is 0 Å². The Morgan fingerprint density at radius 3 is 2.37 bits per heavy atom. The fourth-order valence-electron chi connectivity index (χ4n) is 3.44. The van der Waals surface area contributed by atoms with E-state index in [0.29, 0.717) is 23.0 Å². The van der Waals surface area contributed by atoms with Gasteiger partial charge in [0.15, 0.2) is 17.6 Å². The van der Waals surface area contributed by atoms with E-state index in [2.05, 4.69) is 12.1 Å². The van der Waals surface area contributed by atoms with Gasteiger partial charge in [-0.05, 0) is 35.9 Å². The quantitative estimate of drug-likeness (QED) is 0.801. The molecule has 0 amide bonds. The van der Waals surface area contributed by atoms with Crippen LogP contribution < -0.4 is 23.7 Å². The van der Waals surface area contributed by atoms with Gasteiger partial charge in [-0.2, -0.15) is 0 Å². The largest absolute Gasteiger partial charge is 0.497 e. The summed E-state index contributed by atoms with van der Waals surface area (Å²) in [6.45, 7) is 2.19. The predicted octanol–water partition coefficient (Wildman–Crippen LogP) is 3.55. The number of nitrogens with zero attached hydrogens (tertiary/aromatic N) is 1. The summed E-state index contributed by atoms with van der Waals surface area (Å²) in [5, 5.41) is 4.33. The van der Waals surface area contributed by atoms with Crippen molar-refractivity contribution < 1.29 is 28.5 Å². The van der Waals surface area contributed by atoms with E-state index < -0.39 is 0 Å². The van der Waals surface area contributed by atoms with Crippen LogP contribution in [0.5, 0.6) is 28.7 Å². The van der Waals surface area contributed by atoms with Crippen molar-refractivity contribution in [2.45, 2.75) is 13.0 Å². The molecule has 0 fully saturated rings. The monoisotopic (exact) mass is 371 g/mol. The van der Waals surface area contributed by atoms with Crippen LogP contribution in [0.1, 0.15) is 24.2 Å². The molecule has 0 aliphatic carbocycles. The minimum Gasteiger partial charge on any atom is -0.497 e. The normalized spacial score (nSPS) is 20.1. The first-order valence-electron chi connectivity index (χ1n) is 8.60. The Morgan fingerprint density at radius 1 is 0.963 bits per heavy atom. The fraction of sp³-hybridized carbons (Fsp3) is 0.350. The molecule has 2 aromatic carbocycles. The highest BCUT2D eigenvalue weighted by Crippen LogP contribution is 2.53. The Balaban J connectivity index is 1.69. The summed E-state index contributed by atoms with van der Waals surface area (Å²) in [6.07, 6.45) is -0.333. The third-order valence-electron chi connectivity index (χ3n) is 4.86. The second-order valence-electron chi connectivity index (χ2n) is 6.29. The van der Waals surface area contributed by atoms with E-state index in [4.69, 9.17) is 28.5 Å². The minimum absolute atomic E-state index is 0.00243. The van der Waals surface area contributed by atoms with Gasteiger partial charge in [0.2, 0.25) is 18.3 Å². The number of benzene rings is 2. The summed E-state index contributed by atoms with van der Waals surface area (Å²) < 4.78 is 27.4. The Morgan fingerprint density at radius 2 is 1.70 bits per heavy atom. The molecule has 0 saturated carbocycles. The number of hydrogen-bond donors (Lipinski definition) is 0. The lowest BCUT2D eigenvalue weighted by Crippen LogP contribution is -2.15. The summed E-state index contributed by atoms with van der Waals surface area (Å²) in [5.41, 5.74) is 2.65. The molecule has 2 atom stereocenters. The number of hydrogen-bond acceptors (Lipinski definition) is 7. The molecule has 7 heteroatoms. The molecule has 2 heterocycles. The third-order valence-corrected chi connectivity index (χ3v) is 4.86. The predicted molar refractivity (Wildman–Crippen MR) is 98.2 cm³/mol. The van der Waals surface area contributed by atoms with E-state index in [0.717, 1.165) is 22.6 Å². The number of oxime groups is 1. The van der Waals surface area contributed by atoms with Crippen LogP contribution in [-0.4, -0.2) is 33.8 Å². The van der Waals surface area contributed by atoms with Gasteiger partial charge >= 0.3 is 0 Å². The molecular formula is C20H21NO6. The molecular weight excluding hydrogens is 350 g/mol. The van der Waals surface area contributed by atoms with Crippen molar-refractivity contribution in [3.63, 3.8) is 0 Å². The van der Waals surface area contributed by atoms with Crippen LogP contribution in [0.25, 0.3) is 0 Å². The zero-order valence-electron chi connectivity index (χ0n) is 15.6. The van der Waals surface area contributed by atoms with Crippen molar-refractivity contribution in [2.24, 2.45) is 11.1 Å². The van der Waals surface area contributed by atoms with Crippen LogP contribution in [0, 0.1) is 5.92 Å². The van der Waals surface area contributed by atoms with Crippen LogP contribution >= 0.6 is 0 Å². The summed E-state index contributed by atoms with van der Waals surface area (Å²) >= 11 is 0. The Labute approximate surface area is 157 Å². The maximum atomic E-state index is 5.80. The van der Waals surface area contributed by atoms with Crippen LogP contribution in [-0.2, 0) is 4.84 Å².